The lowest BCUT2D eigenvalue weighted by molar-refractivity contribution is -0.122. The number of benzene rings is 2. The summed E-state index contributed by atoms with van der Waals surface area (Å²) in [5.74, 6) is -0.00323. The van der Waals surface area contributed by atoms with Gasteiger partial charge in [0.15, 0.2) is 0 Å². The van der Waals surface area contributed by atoms with Gasteiger partial charge in [0.05, 0.1) is 17.3 Å². The average Bonchev–Trinajstić information content (AvgIpc) is 3.31. The van der Waals surface area contributed by atoms with Gasteiger partial charge in [-0.15, -0.1) is 0 Å². The molecule has 194 valence electrons. The molecular formula is C28H33N5O3S. The lowest BCUT2D eigenvalue weighted by atomic mass is 9.81. The predicted molar refractivity (Wildman–Crippen MR) is 145 cm³/mol. The van der Waals surface area contributed by atoms with Gasteiger partial charge in [-0.05, 0) is 43.3 Å². The maximum atomic E-state index is 13.0. The molecule has 37 heavy (non-hydrogen) atoms. The number of likely N-dealkylation sites (N-methyl/N-ethyl adjacent to an activating group) is 1. The molecule has 0 saturated heterocycles. The second-order valence-electron chi connectivity index (χ2n) is 10.1. The fraction of sp³-hybridized carbons (Fsp3) is 0.321. The number of carbonyl (C=O) groups is 1. The van der Waals surface area contributed by atoms with E-state index < -0.39 is 10.0 Å². The zero-order valence-electron chi connectivity index (χ0n) is 21.6. The topological polar surface area (TPSA) is 97.2 Å². The van der Waals surface area contributed by atoms with Crippen LogP contribution in [0.1, 0.15) is 31.5 Å². The Morgan fingerprint density at radius 1 is 1.03 bits per heavy atom. The van der Waals surface area contributed by atoms with Crippen LogP contribution in [0.4, 0.5) is 0 Å². The molecule has 8 nitrogen and oxygen atoms in total. The van der Waals surface area contributed by atoms with E-state index in [4.69, 9.17) is 0 Å². The third kappa shape index (κ3) is 6.06. The van der Waals surface area contributed by atoms with Crippen molar-refractivity contribution in [2.45, 2.75) is 43.0 Å². The van der Waals surface area contributed by atoms with E-state index in [1.54, 1.807) is 42.7 Å². The molecule has 1 N–H and O–H groups in total. The minimum atomic E-state index is -3.82. The van der Waals surface area contributed by atoms with Crippen LogP contribution in [0.5, 0.6) is 0 Å². The third-order valence-electron chi connectivity index (χ3n) is 6.61. The van der Waals surface area contributed by atoms with Crippen molar-refractivity contribution >= 4 is 26.8 Å². The fourth-order valence-corrected chi connectivity index (χ4v) is 5.59. The first-order chi connectivity index (χ1) is 17.6. The first-order valence-electron chi connectivity index (χ1n) is 12.2. The van der Waals surface area contributed by atoms with E-state index in [9.17, 15) is 13.2 Å². The van der Waals surface area contributed by atoms with Crippen molar-refractivity contribution in [1.29, 1.82) is 0 Å². The summed E-state index contributed by atoms with van der Waals surface area (Å²) in [5, 5.41) is 7.91. The molecule has 2 aromatic heterocycles. The van der Waals surface area contributed by atoms with Gasteiger partial charge < -0.3 is 10.2 Å². The molecule has 9 heteroatoms. The van der Waals surface area contributed by atoms with Gasteiger partial charge in [-0.2, -0.15) is 17.6 Å². The van der Waals surface area contributed by atoms with Crippen LogP contribution in [0, 0.1) is 0 Å². The number of hydrogen-bond acceptors (Lipinski definition) is 6. The summed E-state index contributed by atoms with van der Waals surface area (Å²) >= 11 is 0. The van der Waals surface area contributed by atoms with E-state index in [1.165, 1.54) is 0 Å². The summed E-state index contributed by atoms with van der Waals surface area (Å²) in [4.78, 5) is 19.5. The van der Waals surface area contributed by atoms with Gasteiger partial charge >= 0.3 is 0 Å². The molecule has 0 radical (unpaired) electrons. The van der Waals surface area contributed by atoms with Crippen LogP contribution in [0.3, 0.4) is 0 Å². The lowest BCUT2D eigenvalue weighted by Gasteiger charge is -2.27. The summed E-state index contributed by atoms with van der Waals surface area (Å²) in [6, 6.07) is 20.1. The Bertz CT molecular complexity index is 1470. The molecular weight excluding hydrogens is 486 g/mol. The fourth-order valence-electron chi connectivity index (χ4n) is 4.31. The maximum Gasteiger partial charge on any atom is 0.283 e. The van der Waals surface area contributed by atoms with E-state index in [2.05, 4.69) is 34.1 Å². The summed E-state index contributed by atoms with van der Waals surface area (Å²) in [7, 11) is 0.117. The summed E-state index contributed by atoms with van der Waals surface area (Å²) in [6.45, 7) is 4.61. The second kappa shape index (κ2) is 10.8. The van der Waals surface area contributed by atoms with Gasteiger partial charge in [0.25, 0.3) is 10.0 Å². The smallest absolute Gasteiger partial charge is 0.283 e. The van der Waals surface area contributed by atoms with Crippen molar-refractivity contribution in [3.8, 4) is 0 Å². The van der Waals surface area contributed by atoms with E-state index in [0.29, 0.717) is 30.3 Å². The summed E-state index contributed by atoms with van der Waals surface area (Å²) in [5.41, 5.74) is 2.07. The minimum Gasteiger partial charge on any atom is -0.354 e. The largest absolute Gasteiger partial charge is 0.354 e. The molecule has 4 rings (SSSR count). The zero-order chi connectivity index (χ0) is 26.6. The highest BCUT2D eigenvalue weighted by Crippen LogP contribution is 2.26. The van der Waals surface area contributed by atoms with Crippen molar-refractivity contribution in [2.24, 2.45) is 0 Å². The van der Waals surface area contributed by atoms with Crippen LogP contribution in [-0.4, -0.2) is 60.1 Å². The highest BCUT2D eigenvalue weighted by atomic mass is 32.2. The van der Waals surface area contributed by atoms with Crippen LogP contribution >= 0.6 is 0 Å². The Kier molecular flexibility index (Phi) is 7.75. The molecule has 1 amide bonds. The Morgan fingerprint density at radius 2 is 1.68 bits per heavy atom. The number of nitrogens with one attached hydrogen (secondary N) is 1. The van der Waals surface area contributed by atoms with Crippen LogP contribution in [-0.2, 0) is 26.7 Å². The van der Waals surface area contributed by atoms with Crippen molar-refractivity contribution in [3.63, 3.8) is 0 Å². The molecule has 0 bridgehead atoms. The van der Waals surface area contributed by atoms with Gasteiger partial charge in [0, 0.05) is 36.5 Å². The molecule has 4 aromatic rings. The van der Waals surface area contributed by atoms with E-state index in [1.807, 2.05) is 50.5 Å². The first kappa shape index (κ1) is 26.5. The van der Waals surface area contributed by atoms with Crippen molar-refractivity contribution in [2.75, 3.05) is 20.6 Å². The van der Waals surface area contributed by atoms with Crippen LogP contribution in [0.15, 0.2) is 84.0 Å². The number of fused-ring (bicyclic) bond motifs is 1. The highest BCUT2D eigenvalue weighted by Gasteiger charge is 2.25. The Hall–Kier alpha value is -3.56. The lowest BCUT2D eigenvalue weighted by Crippen LogP contribution is -2.43. The highest BCUT2D eigenvalue weighted by molar-refractivity contribution is 7.90. The minimum absolute atomic E-state index is 0.00323. The predicted octanol–water partition coefficient (Wildman–Crippen LogP) is 3.63. The monoisotopic (exact) mass is 519 g/mol. The molecule has 0 spiro atoms. The number of nitrogens with zero attached hydrogens (tertiary/aromatic N) is 4. The molecule has 1 atom stereocenters. The van der Waals surface area contributed by atoms with Gasteiger partial charge in [-0.3, -0.25) is 9.78 Å². The number of aromatic nitrogens is 3. The molecule has 0 saturated carbocycles. The number of carbonyl (C=O) groups excluding carboxylic acids is 1. The molecule has 0 aliphatic heterocycles. The van der Waals surface area contributed by atoms with Crippen LogP contribution in [0.2, 0.25) is 0 Å². The standard InChI is InChI=1S/C28H33N5O3S/c1-28(2,22-11-7-5-8-12-22)17-27(34)30-19-24(32(3)4)16-23-15-21-18-31-33(26(21)20-29-23)37(35,36)25-13-9-6-10-14-25/h5-15,18,20,24H,16-17,19H2,1-4H3,(H,30,34)/t24-/m0/s1. The first-order valence-corrected chi connectivity index (χ1v) is 13.6. The second-order valence-corrected chi connectivity index (χ2v) is 11.9. The Labute approximate surface area is 218 Å². The third-order valence-corrected chi connectivity index (χ3v) is 8.23. The van der Waals surface area contributed by atoms with E-state index >= 15 is 0 Å². The molecule has 0 unspecified atom stereocenters. The van der Waals surface area contributed by atoms with Crippen molar-refractivity contribution in [3.05, 3.63) is 90.4 Å². The van der Waals surface area contributed by atoms with E-state index in [0.717, 1.165) is 15.3 Å². The quantitative estimate of drug-likeness (QED) is 0.344. The van der Waals surface area contributed by atoms with Crippen molar-refractivity contribution in [1.82, 2.24) is 24.4 Å². The number of hydrogen-bond donors (Lipinski definition) is 1. The zero-order valence-corrected chi connectivity index (χ0v) is 22.4. The number of rotatable bonds is 10. The van der Waals surface area contributed by atoms with Gasteiger partial charge in [-0.25, -0.2) is 0 Å². The van der Waals surface area contributed by atoms with Gasteiger partial charge in [0.2, 0.25) is 5.91 Å². The average molecular weight is 520 g/mol. The maximum absolute atomic E-state index is 13.0. The molecule has 0 fully saturated rings. The summed E-state index contributed by atoms with van der Waals surface area (Å²) in [6.07, 6.45) is 4.06. The van der Waals surface area contributed by atoms with Crippen LogP contribution < -0.4 is 5.32 Å². The van der Waals surface area contributed by atoms with Gasteiger partial charge in [0.1, 0.15) is 5.52 Å². The van der Waals surface area contributed by atoms with E-state index in [-0.39, 0.29) is 22.3 Å². The molecule has 0 aliphatic rings. The summed E-state index contributed by atoms with van der Waals surface area (Å²) < 4.78 is 27.1. The van der Waals surface area contributed by atoms with Crippen molar-refractivity contribution < 1.29 is 13.2 Å². The number of pyridine rings is 1. The molecule has 0 aliphatic carbocycles. The Balaban J connectivity index is 1.44. The van der Waals surface area contributed by atoms with Gasteiger partial charge in [-0.1, -0.05) is 62.4 Å². The normalized spacial score (nSPS) is 13.1. The SMILES string of the molecule is CN(C)[C@H](CNC(=O)CC(C)(C)c1ccccc1)Cc1cc2cnn(S(=O)(=O)c3ccccc3)c2cn1. The molecule has 2 aromatic carbocycles. The van der Waals surface area contributed by atoms with Crippen LogP contribution in [0.25, 0.3) is 10.9 Å². The molecule has 2 heterocycles. The number of amides is 1. The Morgan fingerprint density at radius 3 is 2.32 bits per heavy atom.